The van der Waals surface area contributed by atoms with Crippen LogP contribution in [0.1, 0.15) is 46.1 Å². The minimum atomic E-state index is -0.548. The van der Waals surface area contributed by atoms with Gasteiger partial charge in [-0.1, -0.05) is 31.5 Å². The van der Waals surface area contributed by atoms with E-state index in [1.165, 1.54) is 4.90 Å². The van der Waals surface area contributed by atoms with Crippen LogP contribution >= 0.6 is 0 Å². The highest BCUT2D eigenvalue weighted by atomic mass is 16.6. The van der Waals surface area contributed by atoms with Gasteiger partial charge in [0.1, 0.15) is 12.1 Å². The first-order valence-electron chi connectivity index (χ1n) is 7.39. The number of rotatable bonds is 7. The summed E-state index contributed by atoms with van der Waals surface area (Å²) >= 11 is 0. The summed E-state index contributed by atoms with van der Waals surface area (Å²) in [4.78, 5) is 24.7. The van der Waals surface area contributed by atoms with E-state index >= 15 is 0 Å². The second-order valence-electron chi connectivity index (χ2n) is 6.05. The van der Waals surface area contributed by atoms with E-state index in [0.29, 0.717) is 6.41 Å². The van der Waals surface area contributed by atoms with Gasteiger partial charge in [0.25, 0.3) is 0 Å². The molecule has 0 bridgehead atoms. The molecule has 0 N–H and O–H groups in total. The number of para-hydroxylation sites is 1. The zero-order valence-corrected chi connectivity index (χ0v) is 13.4. The number of carbonyl (C=O) groups excluding carboxylic acids is 2. The summed E-state index contributed by atoms with van der Waals surface area (Å²) in [6, 6.07) is 7.68. The van der Waals surface area contributed by atoms with Gasteiger partial charge in [0.2, 0.25) is 6.41 Å². The lowest BCUT2D eigenvalue weighted by atomic mass is 10.1. The lowest BCUT2D eigenvalue weighted by Crippen LogP contribution is -2.34. The van der Waals surface area contributed by atoms with Gasteiger partial charge < -0.3 is 9.64 Å². The number of benzene rings is 1. The summed E-state index contributed by atoms with van der Waals surface area (Å²) < 4.78 is 5.27. The molecule has 4 heteroatoms. The maximum Gasteiger partial charge on any atom is 0.326 e. The third-order valence-corrected chi connectivity index (χ3v) is 2.95. The Labute approximate surface area is 127 Å². The van der Waals surface area contributed by atoms with Crippen LogP contribution in [-0.2, 0) is 20.7 Å². The SMILES string of the molecule is CCCCc1ccccc1N(C=O)CC(=O)OC(C)(C)C. The Morgan fingerprint density at radius 3 is 2.52 bits per heavy atom. The second kappa shape index (κ2) is 7.81. The number of anilines is 1. The smallest absolute Gasteiger partial charge is 0.326 e. The highest BCUT2D eigenvalue weighted by molar-refractivity contribution is 5.86. The Morgan fingerprint density at radius 2 is 1.95 bits per heavy atom. The van der Waals surface area contributed by atoms with Gasteiger partial charge in [-0.2, -0.15) is 0 Å². The molecule has 4 nitrogen and oxygen atoms in total. The van der Waals surface area contributed by atoms with Gasteiger partial charge in [0, 0.05) is 5.69 Å². The van der Waals surface area contributed by atoms with Crippen molar-refractivity contribution in [1.29, 1.82) is 0 Å². The minimum Gasteiger partial charge on any atom is -0.459 e. The van der Waals surface area contributed by atoms with Crippen molar-refractivity contribution in [3.8, 4) is 0 Å². The molecular formula is C17H25NO3. The molecule has 0 atom stereocenters. The fourth-order valence-corrected chi connectivity index (χ4v) is 2.06. The van der Waals surface area contributed by atoms with Crippen molar-refractivity contribution in [1.82, 2.24) is 0 Å². The van der Waals surface area contributed by atoms with Crippen molar-refractivity contribution in [2.24, 2.45) is 0 Å². The first-order valence-corrected chi connectivity index (χ1v) is 7.39. The van der Waals surface area contributed by atoms with Gasteiger partial charge in [-0.05, 0) is 45.2 Å². The molecule has 0 spiro atoms. The molecule has 0 aromatic heterocycles. The normalized spacial score (nSPS) is 11.0. The average molecular weight is 291 g/mol. The largest absolute Gasteiger partial charge is 0.459 e. The number of unbranched alkanes of at least 4 members (excludes halogenated alkanes) is 1. The predicted octanol–water partition coefficient (Wildman–Crippen LogP) is 3.33. The quantitative estimate of drug-likeness (QED) is 0.572. The lowest BCUT2D eigenvalue weighted by Gasteiger charge is -2.24. The van der Waals surface area contributed by atoms with E-state index in [1.54, 1.807) is 0 Å². The number of nitrogens with zero attached hydrogens (tertiary/aromatic N) is 1. The molecule has 0 aliphatic heterocycles. The van der Waals surface area contributed by atoms with E-state index in [1.807, 2.05) is 45.0 Å². The first kappa shape index (κ1) is 17.2. The fraction of sp³-hybridized carbons (Fsp3) is 0.529. The molecule has 1 aromatic rings. The Kier molecular flexibility index (Phi) is 6.40. The Balaban J connectivity index is 2.85. The summed E-state index contributed by atoms with van der Waals surface area (Å²) in [7, 11) is 0. The van der Waals surface area contributed by atoms with Crippen molar-refractivity contribution in [3.63, 3.8) is 0 Å². The van der Waals surface area contributed by atoms with Crippen molar-refractivity contribution < 1.29 is 14.3 Å². The summed E-state index contributed by atoms with van der Waals surface area (Å²) in [5.41, 5.74) is 1.31. The number of hydrogen-bond donors (Lipinski definition) is 0. The van der Waals surface area contributed by atoms with Gasteiger partial charge in [-0.15, -0.1) is 0 Å². The van der Waals surface area contributed by atoms with Crippen molar-refractivity contribution in [3.05, 3.63) is 29.8 Å². The van der Waals surface area contributed by atoms with Crippen molar-refractivity contribution in [2.75, 3.05) is 11.4 Å². The maximum atomic E-state index is 11.9. The van der Waals surface area contributed by atoms with E-state index in [9.17, 15) is 9.59 Å². The summed E-state index contributed by atoms with van der Waals surface area (Å²) in [6.07, 6.45) is 3.72. The Hall–Kier alpha value is -1.84. The van der Waals surface area contributed by atoms with E-state index in [2.05, 4.69) is 6.92 Å². The van der Waals surface area contributed by atoms with Crippen LogP contribution < -0.4 is 4.90 Å². The molecule has 0 saturated heterocycles. The van der Waals surface area contributed by atoms with Crippen LogP contribution in [0.4, 0.5) is 5.69 Å². The molecule has 116 valence electrons. The average Bonchev–Trinajstić information content (AvgIpc) is 2.41. The summed E-state index contributed by atoms with van der Waals surface area (Å²) in [5.74, 6) is -0.403. The summed E-state index contributed by atoms with van der Waals surface area (Å²) in [6.45, 7) is 7.49. The highest BCUT2D eigenvalue weighted by Crippen LogP contribution is 2.21. The van der Waals surface area contributed by atoms with Crippen LogP contribution in [0.2, 0.25) is 0 Å². The Bertz CT molecular complexity index is 477. The number of aryl methyl sites for hydroxylation is 1. The standard InChI is InChI=1S/C17H25NO3/c1-5-6-9-14-10-7-8-11-15(14)18(13-19)12-16(20)21-17(2,3)4/h7-8,10-11,13H,5-6,9,12H2,1-4H3. The van der Waals surface area contributed by atoms with Gasteiger partial charge in [0.15, 0.2) is 0 Å². The molecule has 0 aliphatic carbocycles. The van der Waals surface area contributed by atoms with Gasteiger partial charge >= 0.3 is 5.97 Å². The number of amides is 1. The van der Waals surface area contributed by atoms with Crippen LogP contribution in [0.25, 0.3) is 0 Å². The molecule has 0 heterocycles. The van der Waals surface area contributed by atoms with E-state index in [-0.39, 0.29) is 6.54 Å². The molecule has 0 fully saturated rings. The van der Waals surface area contributed by atoms with Crippen LogP contribution in [0.5, 0.6) is 0 Å². The molecule has 0 unspecified atom stereocenters. The van der Waals surface area contributed by atoms with E-state index in [4.69, 9.17) is 4.74 Å². The minimum absolute atomic E-state index is 0.0656. The number of ether oxygens (including phenoxy) is 1. The van der Waals surface area contributed by atoms with Crippen molar-refractivity contribution in [2.45, 2.75) is 52.6 Å². The monoisotopic (exact) mass is 291 g/mol. The third kappa shape index (κ3) is 5.98. The fourth-order valence-electron chi connectivity index (χ4n) is 2.06. The van der Waals surface area contributed by atoms with Crippen LogP contribution in [-0.4, -0.2) is 24.5 Å². The lowest BCUT2D eigenvalue weighted by molar-refractivity contribution is -0.153. The molecule has 1 rings (SSSR count). The van der Waals surface area contributed by atoms with Gasteiger partial charge in [-0.25, -0.2) is 0 Å². The van der Waals surface area contributed by atoms with Crippen LogP contribution in [0.3, 0.4) is 0 Å². The zero-order valence-electron chi connectivity index (χ0n) is 13.4. The van der Waals surface area contributed by atoms with E-state index < -0.39 is 11.6 Å². The number of carbonyl (C=O) groups is 2. The third-order valence-electron chi connectivity index (χ3n) is 2.95. The van der Waals surface area contributed by atoms with Crippen LogP contribution in [0.15, 0.2) is 24.3 Å². The molecule has 21 heavy (non-hydrogen) atoms. The molecular weight excluding hydrogens is 266 g/mol. The van der Waals surface area contributed by atoms with Crippen molar-refractivity contribution >= 4 is 18.1 Å². The zero-order chi connectivity index (χ0) is 15.9. The first-order chi connectivity index (χ1) is 9.87. The molecule has 0 radical (unpaired) electrons. The molecule has 1 amide bonds. The topological polar surface area (TPSA) is 46.6 Å². The van der Waals surface area contributed by atoms with Crippen LogP contribution in [0, 0.1) is 0 Å². The molecule has 0 saturated carbocycles. The molecule has 1 aromatic carbocycles. The maximum absolute atomic E-state index is 11.9. The second-order valence-corrected chi connectivity index (χ2v) is 6.05. The predicted molar refractivity (Wildman–Crippen MR) is 84.3 cm³/mol. The highest BCUT2D eigenvalue weighted by Gasteiger charge is 2.20. The summed E-state index contributed by atoms with van der Waals surface area (Å²) in [5, 5.41) is 0. The molecule has 0 aliphatic rings. The van der Waals surface area contributed by atoms with E-state index in [0.717, 1.165) is 30.5 Å². The van der Waals surface area contributed by atoms with Gasteiger partial charge in [-0.3, -0.25) is 9.59 Å². The number of esters is 1. The number of hydrogen-bond acceptors (Lipinski definition) is 3. The van der Waals surface area contributed by atoms with Gasteiger partial charge in [0.05, 0.1) is 0 Å². The Morgan fingerprint density at radius 1 is 1.29 bits per heavy atom.